The molecule has 1 aliphatic rings. The Kier molecular flexibility index (Phi) is 5.81. The van der Waals surface area contributed by atoms with Crippen LogP contribution in [-0.4, -0.2) is 24.8 Å². The summed E-state index contributed by atoms with van der Waals surface area (Å²) in [6.45, 7) is 1.68. The van der Waals surface area contributed by atoms with E-state index in [-0.39, 0.29) is 6.79 Å². The first-order valence-corrected chi connectivity index (χ1v) is 10.1. The smallest absolute Gasteiger partial charge is 0.331 e. The number of rotatable bonds is 6. The number of carbonyl (C=O) groups is 2. The number of anilines is 1. The van der Waals surface area contributed by atoms with Gasteiger partial charge in [-0.25, -0.2) is 4.79 Å². The van der Waals surface area contributed by atoms with E-state index in [9.17, 15) is 9.59 Å². The molecule has 1 aromatic heterocycles. The molecule has 152 valence electrons. The molecule has 30 heavy (non-hydrogen) atoms. The molecule has 1 amide bonds. The molecule has 1 aliphatic heterocycles. The summed E-state index contributed by atoms with van der Waals surface area (Å²) in [5.41, 5.74) is 1.66. The largest absolute Gasteiger partial charge is 0.454 e. The standard InChI is InChI=1S/C23H19NO5S/c1-15(23(26)24-17-7-10-19-20(13-17)28-14-27-19)29-22(25)12-9-18-8-11-21(30-18)16-5-3-2-4-6-16/h2-13,15H,14H2,1H3,(H,24,26)/b12-9+. The number of fused-ring (bicyclic) bond motifs is 1. The lowest BCUT2D eigenvalue weighted by Crippen LogP contribution is -2.29. The first-order chi connectivity index (χ1) is 14.6. The lowest BCUT2D eigenvalue weighted by Gasteiger charge is -2.12. The van der Waals surface area contributed by atoms with Gasteiger partial charge in [0.2, 0.25) is 6.79 Å². The van der Waals surface area contributed by atoms with E-state index in [2.05, 4.69) is 5.32 Å². The second-order valence-electron chi connectivity index (χ2n) is 6.54. The summed E-state index contributed by atoms with van der Waals surface area (Å²) in [6, 6.07) is 19.0. The summed E-state index contributed by atoms with van der Waals surface area (Å²) in [5, 5.41) is 2.70. The molecule has 0 saturated carbocycles. The molecule has 0 saturated heterocycles. The van der Waals surface area contributed by atoms with E-state index in [1.807, 2.05) is 42.5 Å². The Morgan fingerprint density at radius 1 is 1.07 bits per heavy atom. The molecule has 1 atom stereocenters. The van der Waals surface area contributed by atoms with Crippen LogP contribution in [0.4, 0.5) is 5.69 Å². The fraction of sp³-hybridized carbons (Fsp3) is 0.130. The van der Waals surface area contributed by atoms with Crippen LogP contribution < -0.4 is 14.8 Å². The Morgan fingerprint density at radius 3 is 2.70 bits per heavy atom. The minimum atomic E-state index is -0.948. The number of hydrogen-bond acceptors (Lipinski definition) is 6. The van der Waals surface area contributed by atoms with E-state index in [0.29, 0.717) is 17.2 Å². The minimum absolute atomic E-state index is 0.157. The topological polar surface area (TPSA) is 73.9 Å². The monoisotopic (exact) mass is 421 g/mol. The lowest BCUT2D eigenvalue weighted by molar-refractivity contribution is -0.148. The van der Waals surface area contributed by atoms with E-state index in [0.717, 1.165) is 15.3 Å². The fourth-order valence-electron chi connectivity index (χ4n) is 2.84. The van der Waals surface area contributed by atoms with Gasteiger partial charge in [-0.1, -0.05) is 30.3 Å². The van der Waals surface area contributed by atoms with E-state index < -0.39 is 18.0 Å². The third-order valence-electron chi connectivity index (χ3n) is 4.37. The predicted molar refractivity (Wildman–Crippen MR) is 116 cm³/mol. The highest BCUT2D eigenvalue weighted by molar-refractivity contribution is 7.16. The van der Waals surface area contributed by atoms with Gasteiger partial charge >= 0.3 is 5.97 Å². The Morgan fingerprint density at radius 2 is 1.87 bits per heavy atom. The zero-order valence-electron chi connectivity index (χ0n) is 16.2. The van der Waals surface area contributed by atoms with Crippen LogP contribution >= 0.6 is 11.3 Å². The van der Waals surface area contributed by atoms with Gasteiger partial charge in [0, 0.05) is 27.6 Å². The van der Waals surface area contributed by atoms with Gasteiger partial charge in [-0.3, -0.25) is 4.79 Å². The molecular formula is C23H19NO5S. The Labute approximate surface area is 177 Å². The number of esters is 1. The van der Waals surface area contributed by atoms with Crippen molar-refractivity contribution in [3.05, 3.63) is 71.6 Å². The number of thiophene rings is 1. The van der Waals surface area contributed by atoms with E-state index in [1.165, 1.54) is 13.0 Å². The van der Waals surface area contributed by atoms with Crippen LogP contribution in [0.2, 0.25) is 0 Å². The van der Waals surface area contributed by atoms with Crippen molar-refractivity contribution in [2.75, 3.05) is 12.1 Å². The lowest BCUT2D eigenvalue weighted by atomic mass is 10.2. The molecule has 6 nitrogen and oxygen atoms in total. The zero-order chi connectivity index (χ0) is 20.9. The molecule has 0 aliphatic carbocycles. The van der Waals surface area contributed by atoms with Crippen molar-refractivity contribution in [1.29, 1.82) is 0 Å². The summed E-state index contributed by atoms with van der Waals surface area (Å²) in [7, 11) is 0. The SMILES string of the molecule is CC(OC(=O)/C=C/c1ccc(-c2ccccc2)s1)C(=O)Nc1ccc2c(c1)OCO2. The highest BCUT2D eigenvalue weighted by Gasteiger charge is 2.19. The highest BCUT2D eigenvalue weighted by Crippen LogP contribution is 2.34. The summed E-state index contributed by atoms with van der Waals surface area (Å²) in [6.07, 6.45) is 2.06. The van der Waals surface area contributed by atoms with Crippen molar-refractivity contribution in [1.82, 2.24) is 0 Å². The Bertz CT molecular complexity index is 1090. The van der Waals surface area contributed by atoms with E-state index in [1.54, 1.807) is 35.6 Å². The summed E-state index contributed by atoms with van der Waals surface area (Å²) in [5.74, 6) is 0.170. The van der Waals surface area contributed by atoms with Crippen LogP contribution in [0.15, 0.2) is 66.7 Å². The van der Waals surface area contributed by atoms with E-state index >= 15 is 0 Å². The van der Waals surface area contributed by atoms with Crippen LogP contribution in [0.5, 0.6) is 11.5 Å². The molecule has 0 fully saturated rings. The highest BCUT2D eigenvalue weighted by atomic mass is 32.1. The van der Waals surface area contributed by atoms with Crippen LogP contribution in [0.1, 0.15) is 11.8 Å². The van der Waals surface area contributed by atoms with Crippen molar-refractivity contribution < 1.29 is 23.8 Å². The summed E-state index contributed by atoms with van der Waals surface area (Å²) >= 11 is 1.57. The molecule has 0 spiro atoms. The molecule has 7 heteroatoms. The second kappa shape index (κ2) is 8.84. The number of nitrogens with one attached hydrogen (secondary N) is 1. The van der Waals surface area contributed by atoms with Crippen molar-refractivity contribution in [2.24, 2.45) is 0 Å². The Balaban J connectivity index is 1.31. The molecule has 1 unspecified atom stereocenters. The van der Waals surface area contributed by atoms with Crippen molar-refractivity contribution >= 4 is 35.0 Å². The maximum Gasteiger partial charge on any atom is 0.331 e. The predicted octanol–water partition coefficient (Wildman–Crippen LogP) is 4.73. The van der Waals surface area contributed by atoms with Crippen LogP contribution in [0.3, 0.4) is 0 Å². The van der Waals surface area contributed by atoms with Crippen molar-refractivity contribution in [3.63, 3.8) is 0 Å². The van der Waals surface area contributed by atoms with Gasteiger partial charge in [-0.05, 0) is 42.8 Å². The fourth-order valence-corrected chi connectivity index (χ4v) is 3.75. The van der Waals surface area contributed by atoms with Gasteiger partial charge in [-0.15, -0.1) is 11.3 Å². The molecular weight excluding hydrogens is 402 g/mol. The number of hydrogen-bond donors (Lipinski definition) is 1. The van der Waals surface area contributed by atoms with Gasteiger partial charge in [0.25, 0.3) is 5.91 Å². The summed E-state index contributed by atoms with van der Waals surface area (Å²) in [4.78, 5) is 26.4. The molecule has 2 aromatic carbocycles. The number of benzene rings is 2. The van der Waals surface area contributed by atoms with Gasteiger partial charge in [0.05, 0.1) is 0 Å². The third kappa shape index (κ3) is 4.69. The average molecular weight is 421 g/mol. The average Bonchev–Trinajstić information content (AvgIpc) is 3.42. The van der Waals surface area contributed by atoms with Crippen LogP contribution in [-0.2, 0) is 14.3 Å². The van der Waals surface area contributed by atoms with Crippen molar-refractivity contribution in [3.8, 4) is 21.9 Å². The zero-order valence-corrected chi connectivity index (χ0v) is 17.0. The number of amides is 1. The molecule has 0 bridgehead atoms. The van der Waals surface area contributed by atoms with Crippen molar-refractivity contribution in [2.45, 2.75) is 13.0 Å². The summed E-state index contributed by atoms with van der Waals surface area (Å²) < 4.78 is 15.7. The molecule has 1 N–H and O–H groups in total. The van der Waals surface area contributed by atoms with Gasteiger partial charge < -0.3 is 19.5 Å². The van der Waals surface area contributed by atoms with Gasteiger partial charge in [0.15, 0.2) is 17.6 Å². The maximum absolute atomic E-state index is 12.3. The normalized spacial score (nSPS) is 13.2. The quantitative estimate of drug-likeness (QED) is 0.460. The third-order valence-corrected chi connectivity index (χ3v) is 5.47. The molecule has 4 rings (SSSR count). The van der Waals surface area contributed by atoms with E-state index in [4.69, 9.17) is 14.2 Å². The van der Waals surface area contributed by atoms with Gasteiger partial charge in [-0.2, -0.15) is 0 Å². The van der Waals surface area contributed by atoms with Gasteiger partial charge in [0.1, 0.15) is 0 Å². The first-order valence-electron chi connectivity index (χ1n) is 9.33. The molecule has 3 aromatic rings. The first kappa shape index (κ1) is 19.7. The Hall–Kier alpha value is -3.58. The minimum Gasteiger partial charge on any atom is -0.454 e. The van der Waals surface area contributed by atoms with Crippen LogP contribution in [0.25, 0.3) is 16.5 Å². The maximum atomic E-state index is 12.3. The number of ether oxygens (including phenoxy) is 3. The molecule has 0 radical (unpaired) electrons. The van der Waals surface area contributed by atoms with Crippen LogP contribution in [0, 0.1) is 0 Å². The molecule has 2 heterocycles. The second-order valence-corrected chi connectivity index (χ2v) is 7.65. The number of carbonyl (C=O) groups excluding carboxylic acids is 2.